The van der Waals surface area contributed by atoms with Crippen molar-refractivity contribution in [1.29, 1.82) is 0 Å². The predicted molar refractivity (Wildman–Crippen MR) is 218 cm³/mol. The van der Waals surface area contributed by atoms with E-state index in [0.717, 1.165) is 44.9 Å². The molecule has 0 aliphatic rings. The van der Waals surface area contributed by atoms with Crippen LogP contribution in [0.1, 0.15) is 168 Å². The second-order valence-electron chi connectivity index (χ2n) is 11.4. The van der Waals surface area contributed by atoms with Gasteiger partial charge in [0.25, 0.3) is 0 Å². The van der Waals surface area contributed by atoms with Gasteiger partial charge in [-0.1, -0.05) is 80.6 Å². The number of unbranched alkanes of at least 4 members (excludes halogenated alkanes) is 2. The second kappa shape index (κ2) is 82.7. The molecule has 12 heteroatoms. The third-order valence-corrected chi connectivity index (χ3v) is 4.56. The smallest absolute Gasteiger partial charge is 0.129 e. The number of hydrogen-bond donors (Lipinski definition) is 7. The van der Waals surface area contributed by atoms with Crippen LogP contribution in [0, 0.1) is 12.8 Å². The summed E-state index contributed by atoms with van der Waals surface area (Å²) in [5.74, 6) is 1.58. The van der Waals surface area contributed by atoms with Gasteiger partial charge in [0.05, 0.1) is 38.6 Å². The number of carbonyl (C=O) groups is 4. The summed E-state index contributed by atoms with van der Waals surface area (Å²) in [6.07, 6.45) is 10.3. The molecule has 323 valence electrons. The molecular formula is C40H91O12. The molecule has 0 aromatic carbocycles. The average Bonchev–Trinajstić information content (AvgIpc) is 3.06. The molecule has 0 aromatic rings. The first-order valence-corrected chi connectivity index (χ1v) is 18.8. The lowest BCUT2D eigenvalue weighted by atomic mass is 10.0. The molecule has 0 saturated carbocycles. The van der Waals surface area contributed by atoms with Crippen LogP contribution in [-0.2, 0) is 23.9 Å². The number of methoxy groups -OCH3 is 1. The number of Topliss-reactive ketones (excluding diaryl/α,β-unsaturated/α-hetero) is 4. The van der Waals surface area contributed by atoms with E-state index in [4.69, 9.17) is 35.7 Å². The molecule has 0 fully saturated rings. The van der Waals surface area contributed by atoms with Gasteiger partial charge in [0.1, 0.15) is 23.1 Å². The summed E-state index contributed by atoms with van der Waals surface area (Å²) in [6.45, 7) is 29.2. The van der Waals surface area contributed by atoms with Gasteiger partial charge in [-0.25, -0.2) is 0 Å². The molecule has 3 atom stereocenters. The van der Waals surface area contributed by atoms with Crippen molar-refractivity contribution < 1.29 is 59.7 Å². The Morgan fingerprint density at radius 3 is 1.02 bits per heavy atom. The molecule has 1 radical (unpaired) electrons. The predicted octanol–water partition coefficient (Wildman–Crippen LogP) is 6.49. The molecule has 0 rings (SSSR count). The highest BCUT2D eigenvalue weighted by molar-refractivity contribution is 5.75. The summed E-state index contributed by atoms with van der Waals surface area (Å²) in [5, 5.41) is 56.0. The largest absolute Gasteiger partial charge is 0.397 e. The summed E-state index contributed by atoms with van der Waals surface area (Å²) in [4.78, 5) is 39.5. The molecule has 0 aliphatic heterocycles. The van der Waals surface area contributed by atoms with Gasteiger partial charge in [-0.15, -0.1) is 0 Å². The Labute approximate surface area is 321 Å². The Morgan fingerprint density at radius 2 is 0.942 bits per heavy atom. The minimum Gasteiger partial charge on any atom is -0.397 e. The van der Waals surface area contributed by atoms with Crippen molar-refractivity contribution in [2.24, 2.45) is 5.92 Å². The Bertz CT molecular complexity index is 587. The van der Waals surface area contributed by atoms with Crippen LogP contribution >= 0.6 is 0 Å². The van der Waals surface area contributed by atoms with Crippen LogP contribution in [0.3, 0.4) is 0 Å². The molecule has 0 spiro atoms. The van der Waals surface area contributed by atoms with Crippen molar-refractivity contribution in [3.8, 4) is 0 Å². The van der Waals surface area contributed by atoms with Gasteiger partial charge in [-0.3, -0.25) is 0 Å². The molecule has 0 aliphatic carbocycles. The van der Waals surface area contributed by atoms with Gasteiger partial charge in [-0.2, -0.15) is 0 Å². The number of ether oxygens (including phenoxy) is 1. The van der Waals surface area contributed by atoms with Crippen LogP contribution in [0.5, 0.6) is 0 Å². The van der Waals surface area contributed by atoms with Crippen LogP contribution < -0.4 is 0 Å². The minimum absolute atomic E-state index is 0.125. The third kappa shape index (κ3) is 238. The molecule has 0 heterocycles. The molecule has 0 bridgehead atoms. The van der Waals surface area contributed by atoms with E-state index in [-0.39, 0.29) is 49.9 Å². The van der Waals surface area contributed by atoms with Crippen molar-refractivity contribution in [3.63, 3.8) is 0 Å². The normalized spacial score (nSPS) is 10.1. The van der Waals surface area contributed by atoms with E-state index in [1.165, 1.54) is 40.0 Å². The number of rotatable bonds is 15. The Kier molecular flexibility index (Phi) is 120. The van der Waals surface area contributed by atoms with Crippen LogP contribution in [0.4, 0.5) is 0 Å². The highest BCUT2D eigenvalue weighted by atomic mass is 16.5. The molecule has 0 amide bonds. The first-order valence-electron chi connectivity index (χ1n) is 18.8. The maximum Gasteiger partial charge on any atom is 0.129 e. The van der Waals surface area contributed by atoms with Gasteiger partial charge in [-0.05, 0) is 80.6 Å². The number of carbonyl (C=O) groups excluding carboxylic acids is 4. The zero-order valence-corrected chi connectivity index (χ0v) is 36.6. The Hall–Kier alpha value is -1.64. The topological polar surface area (TPSA) is 219 Å². The summed E-state index contributed by atoms with van der Waals surface area (Å²) in [6, 6.07) is 0. The van der Waals surface area contributed by atoms with Crippen molar-refractivity contribution in [2.45, 2.75) is 180 Å². The lowest BCUT2D eigenvalue weighted by Gasteiger charge is -2.08. The minimum atomic E-state index is -0.560. The highest BCUT2D eigenvalue weighted by Crippen LogP contribution is 2.10. The molecule has 7 N–H and O–H groups in total. The number of aliphatic hydroxyl groups excluding tert-OH is 7. The quantitative estimate of drug-likeness (QED) is 0.0952. The summed E-state index contributed by atoms with van der Waals surface area (Å²) < 4.78 is 4.55. The van der Waals surface area contributed by atoms with E-state index in [0.29, 0.717) is 31.3 Å². The van der Waals surface area contributed by atoms with E-state index in [2.05, 4.69) is 32.4 Å². The van der Waals surface area contributed by atoms with Gasteiger partial charge in [0, 0.05) is 39.6 Å². The lowest BCUT2D eigenvalue weighted by Crippen LogP contribution is -2.07. The van der Waals surface area contributed by atoms with Gasteiger partial charge >= 0.3 is 0 Å². The summed E-state index contributed by atoms with van der Waals surface area (Å²) >= 11 is 0. The van der Waals surface area contributed by atoms with Crippen LogP contribution in [-0.4, -0.2) is 118 Å². The van der Waals surface area contributed by atoms with Crippen molar-refractivity contribution in [1.82, 2.24) is 0 Å². The van der Waals surface area contributed by atoms with E-state index in [1.54, 1.807) is 41.7 Å². The SMILES string of the molecule is CC(C)=O.CC(O)CO.CCC(C)=O.CCCC(C)=O.CCCCC(C)=O.CCCCC(CC)CO.CCO.COCC(C)O.OCCO.[CH2]CC. The molecule has 52 heavy (non-hydrogen) atoms. The molecule has 3 unspecified atom stereocenters. The third-order valence-electron chi connectivity index (χ3n) is 4.56. The number of aliphatic hydroxyl groups is 7. The Balaban J connectivity index is -0.0000000480. The van der Waals surface area contributed by atoms with Gasteiger partial charge in [0.2, 0.25) is 0 Å². The first kappa shape index (κ1) is 75.3. The van der Waals surface area contributed by atoms with Gasteiger partial charge < -0.3 is 59.7 Å². The molecular weight excluding hydrogens is 672 g/mol. The maximum atomic E-state index is 10.2. The van der Waals surface area contributed by atoms with Gasteiger partial charge in [0.15, 0.2) is 0 Å². The van der Waals surface area contributed by atoms with Crippen molar-refractivity contribution in [3.05, 3.63) is 6.92 Å². The first-order chi connectivity index (χ1) is 24.2. The van der Waals surface area contributed by atoms with Crippen LogP contribution in [0.25, 0.3) is 0 Å². The molecule has 0 aromatic heterocycles. The highest BCUT2D eigenvalue weighted by Gasteiger charge is 2.01. The molecule has 0 saturated heterocycles. The Morgan fingerprint density at radius 1 is 0.615 bits per heavy atom. The van der Waals surface area contributed by atoms with Crippen LogP contribution in [0.2, 0.25) is 0 Å². The number of hydrogen-bond acceptors (Lipinski definition) is 12. The van der Waals surface area contributed by atoms with E-state index in [9.17, 15) is 19.2 Å². The fourth-order valence-electron chi connectivity index (χ4n) is 1.94. The zero-order valence-electron chi connectivity index (χ0n) is 36.6. The van der Waals surface area contributed by atoms with E-state index < -0.39 is 6.10 Å². The van der Waals surface area contributed by atoms with Crippen LogP contribution in [0.15, 0.2) is 0 Å². The maximum absolute atomic E-state index is 10.2. The fraction of sp³-hybridized carbons (Fsp3) is 0.875. The average molecular weight is 764 g/mol. The van der Waals surface area contributed by atoms with Crippen molar-refractivity contribution >= 4 is 23.1 Å². The molecule has 12 nitrogen and oxygen atoms in total. The summed E-state index contributed by atoms with van der Waals surface area (Å²) in [5.41, 5.74) is 0. The van der Waals surface area contributed by atoms with E-state index >= 15 is 0 Å². The standard InChI is InChI=1S/C8H18O.C6H12O.C5H10O.C4H10O2.C4H8O.C3H8O2.C3H6O.C3H7.C2H6O2.C2H6O/c1-3-5-6-8(4-2)7-9;1-3-4-5-6(2)7;1-3-4-5(2)6;1-4(5)3-6-2;1-3-4(2)5;1-3(5)2-4;1-3(2)4;1-3-2;3-1-2-4;1-2-3/h8-9H,3-7H2,1-2H3;3-5H2,1-2H3;3-4H2,1-2H3;4-5H,3H2,1-2H3;3H2,1-2H3;3-5H,2H2,1H3;1-2H3;1,3H2,2H3;3-4H,1-2H2;3H,2H2,1H3. The monoisotopic (exact) mass is 764 g/mol. The number of ketones is 4. The zero-order chi connectivity index (χ0) is 43.8. The van der Waals surface area contributed by atoms with E-state index in [1.807, 2.05) is 20.8 Å². The fourth-order valence-corrected chi connectivity index (χ4v) is 1.94. The van der Waals surface area contributed by atoms with Crippen molar-refractivity contribution in [2.75, 3.05) is 46.8 Å². The summed E-state index contributed by atoms with van der Waals surface area (Å²) in [7, 11) is 1.56. The lowest BCUT2D eigenvalue weighted by molar-refractivity contribution is -0.117. The second-order valence-corrected chi connectivity index (χ2v) is 11.4.